The molecule has 3 aromatic carbocycles. The van der Waals surface area contributed by atoms with E-state index < -0.39 is 11.8 Å². The van der Waals surface area contributed by atoms with Crippen LogP contribution in [0.15, 0.2) is 66.7 Å². The lowest BCUT2D eigenvalue weighted by Crippen LogP contribution is -2.26. The summed E-state index contributed by atoms with van der Waals surface area (Å²) in [6.07, 6.45) is 0. The van der Waals surface area contributed by atoms with Crippen molar-refractivity contribution >= 4 is 17.6 Å². The summed E-state index contributed by atoms with van der Waals surface area (Å²) in [5.74, 6) is -0.416. The smallest absolute Gasteiger partial charge is 0.337 e. The SMILES string of the molecule is COC(=O)c1ccc(CNCC(N)c2ccccc2)c(Oc2ccc(Cl)c(F)c2)c1. The van der Waals surface area contributed by atoms with Crippen LogP contribution in [0.4, 0.5) is 4.39 Å². The third-order valence-electron chi connectivity index (χ3n) is 4.51. The van der Waals surface area contributed by atoms with Crippen LogP contribution in [0.1, 0.15) is 27.5 Å². The van der Waals surface area contributed by atoms with Gasteiger partial charge in [-0.1, -0.05) is 48.0 Å². The van der Waals surface area contributed by atoms with Crippen molar-refractivity contribution in [3.8, 4) is 11.5 Å². The second kappa shape index (κ2) is 10.2. The minimum absolute atomic E-state index is 0.00227. The van der Waals surface area contributed by atoms with Gasteiger partial charge in [0.25, 0.3) is 0 Å². The van der Waals surface area contributed by atoms with E-state index in [0.29, 0.717) is 24.4 Å². The summed E-state index contributed by atoms with van der Waals surface area (Å²) < 4.78 is 24.4. The quantitative estimate of drug-likeness (QED) is 0.502. The van der Waals surface area contributed by atoms with Gasteiger partial charge in [0.2, 0.25) is 0 Å². The lowest BCUT2D eigenvalue weighted by molar-refractivity contribution is 0.0600. The summed E-state index contributed by atoms with van der Waals surface area (Å²) in [5.41, 5.74) is 8.35. The van der Waals surface area contributed by atoms with Gasteiger partial charge in [-0.25, -0.2) is 9.18 Å². The topological polar surface area (TPSA) is 73.6 Å². The summed E-state index contributed by atoms with van der Waals surface area (Å²) >= 11 is 5.74. The number of nitrogens with two attached hydrogens (primary N) is 1. The molecule has 1 atom stereocenters. The van der Waals surface area contributed by atoms with Crippen LogP contribution in [0.2, 0.25) is 5.02 Å². The van der Waals surface area contributed by atoms with E-state index in [-0.39, 0.29) is 16.8 Å². The molecular weight excluding hydrogens is 407 g/mol. The van der Waals surface area contributed by atoms with E-state index in [1.807, 2.05) is 30.3 Å². The number of rotatable bonds is 8. The summed E-state index contributed by atoms with van der Waals surface area (Å²) in [5, 5.41) is 3.30. The van der Waals surface area contributed by atoms with Gasteiger partial charge in [-0.05, 0) is 29.8 Å². The van der Waals surface area contributed by atoms with Crippen molar-refractivity contribution in [2.24, 2.45) is 5.73 Å². The van der Waals surface area contributed by atoms with Gasteiger partial charge in [0.15, 0.2) is 0 Å². The highest BCUT2D eigenvalue weighted by Crippen LogP contribution is 2.29. The highest BCUT2D eigenvalue weighted by atomic mass is 35.5. The van der Waals surface area contributed by atoms with Crippen molar-refractivity contribution in [2.75, 3.05) is 13.7 Å². The van der Waals surface area contributed by atoms with E-state index in [1.54, 1.807) is 24.3 Å². The van der Waals surface area contributed by atoms with E-state index in [1.165, 1.54) is 19.2 Å². The van der Waals surface area contributed by atoms with E-state index >= 15 is 0 Å². The molecule has 0 spiro atoms. The average molecular weight is 429 g/mol. The number of esters is 1. The molecule has 156 valence electrons. The Balaban J connectivity index is 1.76. The van der Waals surface area contributed by atoms with Gasteiger partial charge in [0, 0.05) is 30.8 Å². The second-order valence-electron chi connectivity index (χ2n) is 6.64. The molecule has 0 aliphatic rings. The monoisotopic (exact) mass is 428 g/mol. The fourth-order valence-electron chi connectivity index (χ4n) is 2.89. The summed E-state index contributed by atoms with van der Waals surface area (Å²) in [6, 6.07) is 18.7. The first-order valence-corrected chi connectivity index (χ1v) is 9.71. The van der Waals surface area contributed by atoms with Crippen LogP contribution in [0.5, 0.6) is 11.5 Å². The van der Waals surface area contributed by atoms with Crippen molar-refractivity contribution < 1.29 is 18.7 Å². The summed E-state index contributed by atoms with van der Waals surface area (Å²) in [6.45, 7) is 0.977. The fourth-order valence-corrected chi connectivity index (χ4v) is 3.01. The molecule has 30 heavy (non-hydrogen) atoms. The normalized spacial score (nSPS) is 11.7. The van der Waals surface area contributed by atoms with Gasteiger partial charge >= 0.3 is 5.97 Å². The number of carbonyl (C=O) groups excluding carboxylic acids is 1. The Bertz CT molecular complexity index is 1010. The third-order valence-corrected chi connectivity index (χ3v) is 4.82. The molecule has 1 unspecified atom stereocenters. The number of benzene rings is 3. The van der Waals surface area contributed by atoms with Crippen LogP contribution in [0, 0.1) is 5.82 Å². The van der Waals surface area contributed by atoms with Crippen molar-refractivity contribution in [1.29, 1.82) is 0 Å². The highest BCUT2D eigenvalue weighted by molar-refractivity contribution is 6.30. The molecule has 0 fully saturated rings. The minimum atomic E-state index is -0.591. The van der Waals surface area contributed by atoms with Crippen LogP contribution in [-0.4, -0.2) is 19.6 Å². The second-order valence-corrected chi connectivity index (χ2v) is 7.05. The molecule has 0 radical (unpaired) electrons. The first-order chi connectivity index (χ1) is 14.5. The number of carbonyl (C=O) groups is 1. The lowest BCUT2D eigenvalue weighted by Gasteiger charge is -2.16. The Kier molecular flexibility index (Phi) is 7.41. The van der Waals surface area contributed by atoms with Crippen LogP contribution in [-0.2, 0) is 11.3 Å². The molecule has 3 aromatic rings. The lowest BCUT2D eigenvalue weighted by atomic mass is 10.1. The van der Waals surface area contributed by atoms with E-state index in [0.717, 1.165) is 11.1 Å². The number of halogens is 2. The fraction of sp³-hybridized carbons (Fsp3) is 0.174. The maximum atomic E-state index is 13.8. The van der Waals surface area contributed by atoms with Crippen LogP contribution in [0.3, 0.4) is 0 Å². The van der Waals surface area contributed by atoms with Gasteiger partial charge in [-0.2, -0.15) is 0 Å². The number of hydrogen-bond acceptors (Lipinski definition) is 5. The predicted molar refractivity (Wildman–Crippen MR) is 114 cm³/mol. The Hall–Kier alpha value is -2.93. The molecule has 0 aliphatic heterocycles. The van der Waals surface area contributed by atoms with E-state index in [9.17, 15) is 9.18 Å². The molecule has 3 rings (SSSR count). The average Bonchev–Trinajstić information content (AvgIpc) is 2.77. The zero-order valence-corrected chi connectivity index (χ0v) is 17.2. The zero-order chi connectivity index (χ0) is 21.5. The predicted octanol–water partition coefficient (Wildman–Crippen LogP) is 4.85. The van der Waals surface area contributed by atoms with E-state index in [4.69, 9.17) is 26.8 Å². The van der Waals surface area contributed by atoms with Gasteiger partial charge in [-0.15, -0.1) is 0 Å². The molecular formula is C23H22ClFN2O3. The van der Waals surface area contributed by atoms with Crippen molar-refractivity contribution in [1.82, 2.24) is 5.32 Å². The summed E-state index contributed by atoms with van der Waals surface area (Å²) in [7, 11) is 1.30. The molecule has 5 nitrogen and oxygen atoms in total. The van der Waals surface area contributed by atoms with Gasteiger partial charge in [0.1, 0.15) is 17.3 Å². The van der Waals surface area contributed by atoms with Crippen molar-refractivity contribution in [3.63, 3.8) is 0 Å². The van der Waals surface area contributed by atoms with Gasteiger partial charge in [-0.3, -0.25) is 0 Å². The Labute approximate surface area is 179 Å². The molecule has 0 saturated heterocycles. The van der Waals surface area contributed by atoms with Gasteiger partial charge < -0.3 is 20.5 Å². The first kappa shape index (κ1) is 21.8. The Morgan fingerprint density at radius 3 is 2.60 bits per heavy atom. The molecule has 0 heterocycles. The van der Waals surface area contributed by atoms with Crippen LogP contribution in [0.25, 0.3) is 0 Å². The molecule has 0 amide bonds. The molecule has 3 N–H and O–H groups in total. The van der Waals surface area contributed by atoms with Crippen LogP contribution < -0.4 is 15.8 Å². The zero-order valence-electron chi connectivity index (χ0n) is 16.4. The Morgan fingerprint density at radius 2 is 1.90 bits per heavy atom. The molecule has 7 heteroatoms. The molecule has 0 aliphatic carbocycles. The highest BCUT2D eigenvalue weighted by Gasteiger charge is 2.13. The number of ether oxygens (including phenoxy) is 2. The molecule has 0 saturated carbocycles. The minimum Gasteiger partial charge on any atom is -0.465 e. The first-order valence-electron chi connectivity index (χ1n) is 9.33. The van der Waals surface area contributed by atoms with Gasteiger partial charge in [0.05, 0.1) is 17.7 Å². The standard InChI is InChI=1S/C23H22ClFN2O3/c1-29-23(28)16-7-8-17(13-27-14-21(26)15-5-3-2-4-6-15)22(11-16)30-18-9-10-19(24)20(25)12-18/h2-12,21,27H,13-14,26H2,1H3. The van der Waals surface area contributed by atoms with E-state index in [2.05, 4.69) is 5.32 Å². The summed E-state index contributed by atoms with van der Waals surface area (Å²) in [4.78, 5) is 11.9. The van der Waals surface area contributed by atoms with Crippen LogP contribution >= 0.6 is 11.6 Å². The maximum absolute atomic E-state index is 13.8. The van der Waals surface area contributed by atoms with Crippen molar-refractivity contribution in [3.05, 3.63) is 94.3 Å². The number of methoxy groups -OCH3 is 1. The molecule has 0 bridgehead atoms. The molecule has 0 aromatic heterocycles. The van der Waals surface area contributed by atoms with Crippen molar-refractivity contribution in [2.45, 2.75) is 12.6 Å². The largest absolute Gasteiger partial charge is 0.465 e. The number of nitrogens with one attached hydrogen (secondary N) is 1. The maximum Gasteiger partial charge on any atom is 0.337 e. The Morgan fingerprint density at radius 1 is 1.13 bits per heavy atom. The number of hydrogen-bond donors (Lipinski definition) is 2. The third kappa shape index (κ3) is 5.57.